The van der Waals surface area contributed by atoms with Crippen LogP contribution in [0.15, 0.2) is 78.3 Å². The number of carbonyl (C=O) groups excluding carboxylic acids is 1. The molecule has 1 aromatic heterocycles. The SMILES string of the molecule is COc1ccc(-c2csc(C(C#N)=CNc3ccc(Cl)cc3C(=O)c3ccccc3)n2)cc1OC. The molecule has 0 aliphatic rings. The van der Waals surface area contributed by atoms with Gasteiger partial charge in [0.15, 0.2) is 17.3 Å². The second-order valence-electron chi connectivity index (χ2n) is 7.31. The van der Waals surface area contributed by atoms with Crippen molar-refractivity contribution >= 4 is 40.0 Å². The molecule has 1 N–H and O–H groups in total. The van der Waals surface area contributed by atoms with E-state index in [0.717, 1.165) is 5.56 Å². The van der Waals surface area contributed by atoms with Crippen molar-refractivity contribution in [3.05, 3.63) is 99.5 Å². The lowest BCUT2D eigenvalue weighted by Gasteiger charge is -2.10. The van der Waals surface area contributed by atoms with Crippen LogP contribution in [0.1, 0.15) is 20.9 Å². The maximum Gasteiger partial charge on any atom is 0.195 e. The van der Waals surface area contributed by atoms with Crippen LogP contribution in [0.2, 0.25) is 5.02 Å². The summed E-state index contributed by atoms with van der Waals surface area (Å²) in [5.74, 6) is 1.04. The molecular weight excluding hydrogens is 482 g/mol. The molecule has 0 amide bonds. The minimum Gasteiger partial charge on any atom is -0.493 e. The number of halogens is 1. The van der Waals surface area contributed by atoms with E-state index in [0.29, 0.717) is 49.6 Å². The fourth-order valence-corrected chi connectivity index (χ4v) is 4.36. The zero-order valence-corrected chi connectivity index (χ0v) is 20.5. The van der Waals surface area contributed by atoms with Crippen molar-refractivity contribution in [1.29, 1.82) is 5.26 Å². The first-order valence-corrected chi connectivity index (χ1v) is 11.7. The molecule has 1 heterocycles. The number of nitriles is 1. The van der Waals surface area contributed by atoms with Gasteiger partial charge in [0.1, 0.15) is 16.6 Å². The number of methoxy groups -OCH3 is 2. The van der Waals surface area contributed by atoms with Crippen LogP contribution < -0.4 is 14.8 Å². The maximum atomic E-state index is 13.0. The number of carbonyl (C=O) groups is 1. The number of nitrogens with one attached hydrogen (secondary N) is 1. The van der Waals surface area contributed by atoms with Crippen LogP contribution in [0.3, 0.4) is 0 Å². The lowest BCUT2D eigenvalue weighted by Crippen LogP contribution is -2.05. The van der Waals surface area contributed by atoms with E-state index in [1.165, 1.54) is 11.3 Å². The van der Waals surface area contributed by atoms with Crippen LogP contribution in [0.4, 0.5) is 5.69 Å². The van der Waals surface area contributed by atoms with E-state index in [9.17, 15) is 10.1 Å². The number of allylic oxidation sites excluding steroid dienone is 1. The van der Waals surface area contributed by atoms with Crippen LogP contribution in [0.25, 0.3) is 16.8 Å². The molecule has 0 aliphatic carbocycles. The Labute approximate surface area is 212 Å². The number of hydrogen-bond donors (Lipinski definition) is 1. The summed E-state index contributed by atoms with van der Waals surface area (Å²) < 4.78 is 10.7. The van der Waals surface area contributed by atoms with Crippen molar-refractivity contribution in [3.8, 4) is 28.8 Å². The minimum atomic E-state index is -0.174. The number of ether oxygens (including phenoxy) is 2. The van der Waals surface area contributed by atoms with Gasteiger partial charge >= 0.3 is 0 Å². The molecule has 0 bridgehead atoms. The summed E-state index contributed by atoms with van der Waals surface area (Å²) >= 11 is 7.51. The van der Waals surface area contributed by atoms with Gasteiger partial charge in [0.25, 0.3) is 0 Å². The molecule has 174 valence electrons. The lowest BCUT2D eigenvalue weighted by molar-refractivity contribution is 0.103. The summed E-state index contributed by atoms with van der Waals surface area (Å²) in [6, 6.07) is 21.6. The first-order chi connectivity index (χ1) is 17.0. The highest BCUT2D eigenvalue weighted by molar-refractivity contribution is 7.11. The standard InChI is InChI=1S/C27H20ClN3O3S/c1-33-24-11-8-18(12-25(24)34-2)23-16-35-27(31-23)19(14-29)15-30-22-10-9-20(28)13-21(22)26(32)17-6-4-3-5-7-17/h3-13,15-16,30H,1-2H3. The van der Waals surface area contributed by atoms with Gasteiger partial charge in [-0.25, -0.2) is 4.98 Å². The van der Waals surface area contributed by atoms with Gasteiger partial charge in [-0.1, -0.05) is 41.9 Å². The third-order valence-corrected chi connectivity index (χ3v) is 6.28. The van der Waals surface area contributed by atoms with Crippen molar-refractivity contribution in [2.45, 2.75) is 0 Å². The molecule has 0 spiro atoms. The third-order valence-electron chi connectivity index (χ3n) is 5.17. The van der Waals surface area contributed by atoms with E-state index in [2.05, 4.69) is 16.4 Å². The molecule has 0 aliphatic heterocycles. The van der Waals surface area contributed by atoms with Crippen molar-refractivity contribution in [1.82, 2.24) is 4.98 Å². The van der Waals surface area contributed by atoms with Crippen LogP contribution >= 0.6 is 22.9 Å². The number of anilines is 1. The van der Waals surface area contributed by atoms with Crippen molar-refractivity contribution in [2.24, 2.45) is 0 Å². The van der Waals surface area contributed by atoms with E-state index in [1.807, 2.05) is 29.6 Å². The second-order valence-corrected chi connectivity index (χ2v) is 8.60. The number of aromatic nitrogens is 1. The Morgan fingerprint density at radius 3 is 2.54 bits per heavy atom. The molecule has 0 saturated heterocycles. The third kappa shape index (κ3) is 5.35. The fraction of sp³-hybridized carbons (Fsp3) is 0.0741. The zero-order valence-electron chi connectivity index (χ0n) is 18.9. The van der Waals surface area contributed by atoms with E-state index in [4.69, 9.17) is 21.1 Å². The molecule has 6 nitrogen and oxygen atoms in total. The summed E-state index contributed by atoms with van der Waals surface area (Å²) in [6.45, 7) is 0. The molecule has 0 fully saturated rings. The summed E-state index contributed by atoms with van der Waals surface area (Å²) in [5.41, 5.74) is 3.36. The molecule has 4 rings (SSSR count). The number of ketones is 1. The second kappa shape index (κ2) is 10.9. The van der Waals surface area contributed by atoms with E-state index >= 15 is 0 Å². The first-order valence-electron chi connectivity index (χ1n) is 10.5. The Balaban J connectivity index is 1.62. The maximum absolute atomic E-state index is 13.0. The van der Waals surface area contributed by atoms with Crippen LogP contribution in [0, 0.1) is 11.3 Å². The van der Waals surface area contributed by atoms with Gasteiger partial charge in [-0.05, 0) is 36.4 Å². The predicted octanol–water partition coefficient (Wildman–Crippen LogP) is 6.69. The van der Waals surface area contributed by atoms with Gasteiger partial charge in [-0.3, -0.25) is 4.79 Å². The van der Waals surface area contributed by atoms with Crippen molar-refractivity contribution in [3.63, 3.8) is 0 Å². The Hall–Kier alpha value is -4.12. The Morgan fingerprint density at radius 2 is 1.83 bits per heavy atom. The predicted molar refractivity (Wildman–Crippen MR) is 139 cm³/mol. The Kier molecular flexibility index (Phi) is 7.46. The number of benzene rings is 3. The molecule has 8 heteroatoms. The quantitative estimate of drug-likeness (QED) is 0.214. The zero-order chi connectivity index (χ0) is 24.8. The van der Waals surface area contributed by atoms with E-state index in [-0.39, 0.29) is 5.78 Å². The highest BCUT2D eigenvalue weighted by Gasteiger charge is 2.15. The van der Waals surface area contributed by atoms with Crippen molar-refractivity contribution < 1.29 is 14.3 Å². The molecule has 35 heavy (non-hydrogen) atoms. The van der Waals surface area contributed by atoms with Gasteiger partial charge < -0.3 is 14.8 Å². The van der Waals surface area contributed by atoms with Crippen LogP contribution in [-0.4, -0.2) is 25.0 Å². The number of thiazole rings is 1. The highest BCUT2D eigenvalue weighted by Crippen LogP contribution is 2.34. The summed E-state index contributed by atoms with van der Waals surface area (Å²) in [6.07, 6.45) is 1.54. The molecule has 4 aromatic rings. The molecule has 0 saturated carbocycles. The highest BCUT2D eigenvalue weighted by atomic mass is 35.5. The Morgan fingerprint density at radius 1 is 1.06 bits per heavy atom. The monoisotopic (exact) mass is 501 g/mol. The van der Waals surface area contributed by atoms with Gasteiger partial charge in [-0.2, -0.15) is 5.26 Å². The van der Waals surface area contributed by atoms with Gasteiger partial charge in [0.2, 0.25) is 0 Å². The molecule has 3 aromatic carbocycles. The average molecular weight is 502 g/mol. The normalized spacial score (nSPS) is 11.0. The largest absolute Gasteiger partial charge is 0.493 e. The van der Waals surface area contributed by atoms with E-state index in [1.54, 1.807) is 62.9 Å². The number of nitrogens with zero attached hydrogens (tertiary/aromatic N) is 2. The van der Waals surface area contributed by atoms with Gasteiger partial charge in [0, 0.05) is 39.0 Å². The minimum absolute atomic E-state index is 0.174. The van der Waals surface area contributed by atoms with E-state index < -0.39 is 0 Å². The van der Waals surface area contributed by atoms with Gasteiger partial charge in [-0.15, -0.1) is 11.3 Å². The smallest absolute Gasteiger partial charge is 0.195 e. The number of hydrogen-bond acceptors (Lipinski definition) is 7. The first kappa shape index (κ1) is 24.0. The van der Waals surface area contributed by atoms with Crippen LogP contribution in [0.5, 0.6) is 11.5 Å². The van der Waals surface area contributed by atoms with Crippen molar-refractivity contribution in [2.75, 3.05) is 19.5 Å². The Bertz CT molecular complexity index is 1440. The van der Waals surface area contributed by atoms with Gasteiger partial charge in [0.05, 0.1) is 19.9 Å². The topological polar surface area (TPSA) is 84.2 Å². The average Bonchev–Trinajstić information content (AvgIpc) is 3.39. The fourth-order valence-electron chi connectivity index (χ4n) is 3.39. The molecular formula is C27H20ClN3O3S. The summed E-state index contributed by atoms with van der Waals surface area (Å²) in [5, 5.41) is 15.7. The lowest BCUT2D eigenvalue weighted by atomic mass is 10.0. The molecule has 0 atom stereocenters. The summed E-state index contributed by atoms with van der Waals surface area (Å²) in [4.78, 5) is 17.7. The molecule has 0 unspecified atom stereocenters. The number of rotatable bonds is 8. The van der Waals surface area contributed by atoms with Crippen LogP contribution in [-0.2, 0) is 0 Å². The molecule has 0 radical (unpaired) electrons. The summed E-state index contributed by atoms with van der Waals surface area (Å²) in [7, 11) is 3.15.